The Kier molecular flexibility index (Phi) is 1.93. The van der Waals surface area contributed by atoms with Gasteiger partial charge in [-0.2, -0.15) is 0 Å². The molecule has 1 aromatic rings. The Bertz CT molecular complexity index is 272. The largest absolute Gasteiger partial charge is 0.379 e. The number of aromatic nitrogens is 1. The summed E-state index contributed by atoms with van der Waals surface area (Å²) >= 11 is 1.80. The highest BCUT2D eigenvalue weighted by Gasteiger charge is 2.39. The van der Waals surface area contributed by atoms with E-state index in [1.165, 1.54) is 4.88 Å². The van der Waals surface area contributed by atoms with Crippen LogP contribution in [0.15, 0.2) is 6.20 Å². The fourth-order valence-electron chi connectivity index (χ4n) is 1.48. The Balaban J connectivity index is 2.27. The number of nitrogens with zero attached hydrogens (tertiary/aromatic N) is 1. The lowest BCUT2D eigenvalue weighted by atomic mass is 9.82. The van der Waals surface area contributed by atoms with Gasteiger partial charge in [0, 0.05) is 11.1 Å². The molecule has 0 bridgehead atoms. The van der Waals surface area contributed by atoms with Gasteiger partial charge in [-0.3, -0.25) is 0 Å². The molecule has 1 fully saturated rings. The van der Waals surface area contributed by atoms with Crippen molar-refractivity contribution in [2.24, 2.45) is 0 Å². The number of hydrogen-bond donors (Lipinski definition) is 0. The van der Waals surface area contributed by atoms with E-state index in [1.54, 1.807) is 11.3 Å². The molecule has 2 heterocycles. The maximum absolute atomic E-state index is 5.27. The average Bonchev–Trinajstić information content (AvgIpc) is 2.35. The van der Waals surface area contributed by atoms with Crippen LogP contribution in [0.4, 0.5) is 0 Å². The molecule has 0 unspecified atom stereocenters. The first-order chi connectivity index (χ1) is 5.77. The van der Waals surface area contributed by atoms with E-state index in [2.05, 4.69) is 18.8 Å². The smallest absolute Gasteiger partial charge is 0.0896 e. The average molecular weight is 183 g/mol. The second-order valence-electron chi connectivity index (χ2n) is 3.37. The molecular formula is C9H13NOS. The van der Waals surface area contributed by atoms with Crippen molar-refractivity contribution in [1.82, 2.24) is 4.98 Å². The molecule has 0 aliphatic carbocycles. The summed E-state index contributed by atoms with van der Waals surface area (Å²) in [6, 6.07) is 0. The van der Waals surface area contributed by atoms with Gasteiger partial charge in [0.1, 0.15) is 0 Å². The van der Waals surface area contributed by atoms with E-state index < -0.39 is 0 Å². The van der Waals surface area contributed by atoms with Gasteiger partial charge in [0.05, 0.1) is 23.6 Å². The van der Waals surface area contributed by atoms with Gasteiger partial charge in [-0.05, 0) is 13.3 Å². The van der Waals surface area contributed by atoms with Crippen molar-refractivity contribution in [2.75, 3.05) is 13.2 Å². The van der Waals surface area contributed by atoms with Gasteiger partial charge < -0.3 is 4.74 Å². The van der Waals surface area contributed by atoms with Crippen LogP contribution in [0.3, 0.4) is 0 Å². The zero-order valence-electron chi connectivity index (χ0n) is 7.46. The highest BCUT2D eigenvalue weighted by molar-refractivity contribution is 7.11. The molecular weight excluding hydrogens is 170 g/mol. The lowest BCUT2D eigenvalue weighted by molar-refractivity contribution is -0.0602. The van der Waals surface area contributed by atoms with Crippen LogP contribution in [0.25, 0.3) is 0 Å². The molecule has 66 valence electrons. The third-order valence-electron chi connectivity index (χ3n) is 2.58. The van der Waals surface area contributed by atoms with Crippen molar-refractivity contribution >= 4 is 11.3 Å². The van der Waals surface area contributed by atoms with E-state index in [0.717, 1.165) is 24.6 Å². The maximum atomic E-state index is 5.27. The molecule has 0 spiro atoms. The molecule has 12 heavy (non-hydrogen) atoms. The first kappa shape index (κ1) is 8.20. The number of ether oxygens (including phenoxy) is 1. The Hall–Kier alpha value is -0.410. The van der Waals surface area contributed by atoms with Gasteiger partial charge in [-0.25, -0.2) is 4.98 Å². The van der Waals surface area contributed by atoms with Crippen LogP contribution < -0.4 is 0 Å². The topological polar surface area (TPSA) is 22.1 Å². The van der Waals surface area contributed by atoms with Crippen LogP contribution in [0.5, 0.6) is 0 Å². The fourth-order valence-corrected chi connectivity index (χ4v) is 2.48. The monoisotopic (exact) mass is 183 g/mol. The summed E-state index contributed by atoms with van der Waals surface area (Å²) in [6.45, 7) is 6.03. The minimum Gasteiger partial charge on any atom is -0.379 e. The number of hydrogen-bond acceptors (Lipinski definition) is 3. The molecule has 0 amide bonds. The Morgan fingerprint density at radius 2 is 2.42 bits per heavy atom. The maximum Gasteiger partial charge on any atom is 0.0896 e. The summed E-state index contributed by atoms with van der Waals surface area (Å²) in [5.74, 6) is 0. The summed E-state index contributed by atoms with van der Waals surface area (Å²) in [4.78, 5) is 5.67. The molecule has 3 heteroatoms. The zero-order chi connectivity index (χ0) is 8.60. The van der Waals surface area contributed by atoms with Gasteiger partial charge in [-0.15, -0.1) is 11.3 Å². The minimum absolute atomic E-state index is 0.311. The van der Waals surface area contributed by atoms with E-state index in [4.69, 9.17) is 4.74 Å². The van der Waals surface area contributed by atoms with Crippen LogP contribution in [-0.2, 0) is 10.2 Å². The molecule has 2 rings (SSSR count). The first-order valence-corrected chi connectivity index (χ1v) is 5.09. The van der Waals surface area contributed by atoms with Crippen LogP contribution in [0.2, 0.25) is 0 Å². The zero-order valence-corrected chi connectivity index (χ0v) is 8.28. The predicted molar refractivity (Wildman–Crippen MR) is 49.6 cm³/mol. The highest BCUT2D eigenvalue weighted by Crippen LogP contribution is 2.38. The second kappa shape index (κ2) is 2.82. The van der Waals surface area contributed by atoms with Crippen LogP contribution in [0.1, 0.15) is 23.2 Å². The summed E-state index contributed by atoms with van der Waals surface area (Å²) in [5, 5.41) is 1.16. The first-order valence-electron chi connectivity index (χ1n) is 4.27. The van der Waals surface area contributed by atoms with Crippen molar-refractivity contribution in [3.63, 3.8) is 0 Å². The molecule has 0 N–H and O–H groups in total. The molecule has 0 saturated carbocycles. The second-order valence-corrected chi connectivity index (χ2v) is 4.60. The van der Waals surface area contributed by atoms with Gasteiger partial charge >= 0.3 is 0 Å². The normalized spacial score (nSPS) is 20.5. The Morgan fingerprint density at radius 1 is 1.67 bits per heavy atom. The molecule has 2 nitrogen and oxygen atoms in total. The van der Waals surface area contributed by atoms with Crippen molar-refractivity contribution in [1.29, 1.82) is 0 Å². The Morgan fingerprint density at radius 3 is 2.75 bits per heavy atom. The number of rotatable bonds is 2. The third kappa shape index (κ3) is 1.08. The highest BCUT2D eigenvalue weighted by atomic mass is 32.1. The molecule has 1 aromatic heterocycles. The SMILES string of the molecule is CCC1(c2cnc(C)s2)COC1. The minimum atomic E-state index is 0.311. The molecule has 1 aliphatic rings. The summed E-state index contributed by atoms with van der Waals surface area (Å²) < 4.78 is 5.27. The van der Waals surface area contributed by atoms with E-state index in [1.807, 2.05) is 6.20 Å². The summed E-state index contributed by atoms with van der Waals surface area (Å²) in [7, 11) is 0. The molecule has 0 radical (unpaired) electrons. The quantitative estimate of drug-likeness (QED) is 0.700. The van der Waals surface area contributed by atoms with E-state index in [-0.39, 0.29) is 0 Å². The van der Waals surface area contributed by atoms with Crippen LogP contribution in [0, 0.1) is 6.92 Å². The predicted octanol–water partition coefficient (Wildman–Crippen LogP) is 2.13. The van der Waals surface area contributed by atoms with Gasteiger partial charge in [-0.1, -0.05) is 6.92 Å². The van der Waals surface area contributed by atoms with E-state index in [0.29, 0.717) is 5.41 Å². The fraction of sp³-hybridized carbons (Fsp3) is 0.667. The van der Waals surface area contributed by atoms with Crippen molar-refractivity contribution in [3.8, 4) is 0 Å². The van der Waals surface area contributed by atoms with E-state index in [9.17, 15) is 0 Å². The van der Waals surface area contributed by atoms with E-state index >= 15 is 0 Å². The number of aryl methyl sites for hydroxylation is 1. The van der Waals surface area contributed by atoms with Gasteiger partial charge in [0.25, 0.3) is 0 Å². The number of thiazole rings is 1. The lowest BCUT2D eigenvalue weighted by Crippen LogP contribution is -2.45. The Labute approximate surface area is 76.6 Å². The van der Waals surface area contributed by atoms with Crippen LogP contribution >= 0.6 is 11.3 Å². The third-order valence-corrected chi connectivity index (χ3v) is 3.74. The van der Waals surface area contributed by atoms with Crippen molar-refractivity contribution in [3.05, 3.63) is 16.1 Å². The molecule has 1 aliphatic heterocycles. The molecule has 1 saturated heterocycles. The molecule has 0 aromatic carbocycles. The van der Waals surface area contributed by atoms with Crippen LogP contribution in [-0.4, -0.2) is 18.2 Å². The molecule has 0 atom stereocenters. The van der Waals surface area contributed by atoms with Crippen molar-refractivity contribution < 1.29 is 4.74 Å². The summed E-state index contributed by atoms with van der Waals surface area (Å²) in [5.41, 5.74) is 0.311. The van der Waals surface area contributed by atoms with Crippen molar-refractivity contribution in [2.45, 2.75) is 25.7 Å². The van der Waals surface area contributed by atoms with Gasteiger partial charge in [0.15, 0.2) is 0 Å². The standard InChI is InChI=1S/C9H13NOS/c1-3-9(5-11-6-9)8-4-10-7(2)12-8/h4H,3,5-6H2,1-2H3. The lowest BCUT2D eigenvalue weighted by Gasteiger charge is -2.39. The summed E-state index contributed by atoms with van der Waals surface area (Å²) in [6.07, 6.45) is 3.17. The van der Waals surface area contributed by atoms with Gasteiger partial charge in [0.2, 0.25) is 0 Å².